The SMILES string of the molecule is CCN1[C]=NC[CH]1. The Labute approximate surface area is 43.8 Å². The number of nitrogens with zero attached hydrogens (tertiary/aromatic N) is 2. The first-order valence-corrected chi connectivity index (χ1v) is 2.45. The van der Waals surface area contributed by atoms with Crippen molar-refractivity contribution in [2.24, 2.45) is 4.99 Å². The molecule has 0 aromatic rings. The molecule has 0 saturated heterocycles. The molecule has 0 aromatic heterocycles. The average Bonchev–Trinajstić information content (AvgIpc) is 2.14. The monoisotopic (exact) mass is 96.1 g/mol. The third kappa shape index (κ3) is 0.918. The minimum atomic E-state index is 0.813. The fourth-order valence-electron chi connectivity index (χ4n) is 0.512. The standard InChI is InChI=1S/C5H8N2/c1-2-7-4-3-6-5-7/h4H,2-3H2,1H3. The summed E-state index contributed by atoms with van der Waals surface area (Å²) >= 11 is 0. The highest BCUT2D eigenvalue weighted by Gasteiger charge is 2.01. The molecule has 0 fully saturated rings. The Balaban J connectivity index is 2.28. The Morgan fingerprint density at radius 1 is 2.00 bits per heavy atom. The van der Waals surface area contributed by atoms with Gasteiger partial charge in [-0.25, -0.2) is 0 Å². The summed E-state index contributed by atoms with van der Waals surface area (Å²) < 4.78 is 0. The second-order valence-electron chi connectivity index (χ2n) is 1.41. The predicted molar refractivity (Wildman–Crippen MR) is 29.0 cm³/mol. The minimum absolute atomic E-state index is 0.813. The molecule has 0 amide bonds. The first kappa shape index (κ1) is 4.62. The van der Waals surface area contributed by atoms with Crippen molar-refractivity contribution in [3.8, 4) is 0 Å². The Bertz CT molecular complexity index is 78.1. The molecule has 0 unspecified atom stereocenters. The van der Waals surface area contributed by atoms with Crippen molar-refractivity contribution >= 4 is 6.34 Å². The van der Waals surface area contributed by atoms with Gasteiger partial charge in [0.15, 0.2) is 6.34 Å². The molecular formula is C5H8N2. The molecule has 2 nitrogen and oxygen atoms in total. The fourth-order valence-corrected chi connectivity index (χ4v) is 0.512. The minimum Gasteiger partial charge on any atom is -0.347 e. The quantitative estimate of drug-likeness (QED) is 0.461. The van der Waals surface area contributed by atoms with Crippen LogP contribution in [0.25, 0.3) is 0 Å². The number of rotatable bonds is 1. The van der Waals surface area contributed by atoms with Crippen LogP contribution in [-0.2, 0) is 0 Å². The summed E-state index contributed by atoms with van der Waals surface area (Å²) in [6.45, 7) is 5.89. The van der Waals surface area contributed by atoms with E-state index in [1.165, 1.54) is 0 Å². The van der Waals surface area contributed by atoms with Gasteiger partial charge in [-0.3, -0.25) is 4.99 Å². The lowest BCUT2D eigenvalue weighted by Crippen LogP contribution is -2.13. The highest BCUT2D eigenvalue weighted by atomic mass is 15.2. The predicted octanol–water partition coefficient (Wildman–Crippen LogP) is 0.389. The lowest BCUT2D eigenvalue weighted by molar-refractivity contribution is 0.565. The van der Waals surface area contributed by atoms with E-state index in [1.54, 1.807) is 0 Å². The van der Waals surface area contributed by atoms with Gasteiger partial charge in [-0.1, -0.05) is 0 Å². The lowest BCUT2D eigenvalue weighted by atomic mass is 10.6. The maximum atomic E-state index is 3.86. The van der Waals surface area contributed by atoms with Gasteiger partial charge < -0.3 is 4.90 Å². The molecule has 0 spiro atoms. The van der Waals surface area contributed by atoms with Crippen LogP contribution in [0.4, 0.5) is 0 Å². The van der Waals surface area contributed by atoms with Crippen LogP contribution in [0.2, 0.25) is 0 Å². The average molecular weight is 96.1 g/mol. The molecule has 7 heavy (non-hydrogen) atoms. The van der Waals surface area contributed by atoms with Crippen LogP contribution >= 0.6 is 0 Å². The van der Waals surface area contributed by atoms with Crippen LogP contribution in [0.1, 0.15) is 6.92 Å². The van der Waals surface area contributed by atoms with E-state index >= 15 is 0 Å². The normalized spacial score (nSPS) is 18.7. The molecule has 38 valence electrons. The lowest BCUT2D eigenvalue weighted by Gasteiger charge is -2.05. The van der Waals surface area contributed by atoms with E-state index in [-0.39, 0.29) is 0 Å². The second kappa shape index (κ2) is 1.96. The maximum Gasteiger partial charge on any atom is 0.167 e. The van der Waals surface area contributed by atoms with E-state index in [2.05, 4.69) is 18.3 Å². The summed E-state index contributed by atoms with van der Waals surface area (Å²) in [5.74, 6) is 0. The Morgan fingerprint density at radius 3 is 3.14 bits per heavy atom. The summed E-state index contributed by atoms with van der Waals surface area (Å²) in [6, 6.07) is 0. The Morgan fingerprint density at radius 2 is 2.86 bits per heavy atom. The van der Waals surface area contributed by atoms with Crippen molar-refractivity contribution in [1.29, 1.82) is 0 Å². The third-order valence-electron chi connectivity index (χ3n) is 0.933. The van der Waals surface area contributed by atoms with Gasteiger partial charge in [0.1, 0.15) is 0 Å². The van der Waals surface area contributed by atoms with Crippen LogP contribution in [0.15, 0.2) is 4.99 Å². The molecule has 0 aliphatic carbocycles. The van der Waals surface area contributed by atoms with E-state index in [0.29, 0.717) is 0 Å². The van der Waals surface area contributed by atoms with Crippen molar-refractivity contribution < 1.29 is 0 Å². The van der Waals surface area contributed by atoms with E-state index < -0.39 is 0 Å². The van der Waals surface area contributed by atoms with Crippen molar-refractivity contribution in [2.45, 2.75) is 6.92 Å². The summed E-state index contributed by atoms with van der Waals surface area (Å²) in [6.07, 6.45) is 2.81. The highest BCUT2D eigenvalue weighted by molar-refractivity contribution is 5.58. The van der Waals surface area contributed by atoms with Crippen molar-refractivity contribution in [3.63, 3.8) is 0 Å². The van der Waals surface area contributed by atoms with Gasteiger partial charge in [-0.15, -0.1) is 0 Å². The van der Waals surface area contributed by atoms with Gasteiger partial charge in [0.05, 0.1) is 13.1 Å². The summed E-state index contributed by atoms with van der Waals surface area (Å²) in [5.41, 5.74) is 0. The highest BCUT2D eigenvalue weighted by Crippen LogP contribution is 1.95. The van der Waals surface area contributed by atoms with E-state index in [9.17, 15) is 0 Å². The van der Waals surface area contributed by atoms with Gasteiger partial charge in [0, 0.05) is 6.54 Å². The molecule has 0 aromatic carbocycles. The second-order valence-corrected chi connectivity index (χ2v) is 1.41. The number of likely N-dealkylation sites (N-methyl/N-ethyl adjacent to an activating group) is 1. The van der Waals surface area contributed by atoms with Gasteiger partial charge in [-0.2, -0.15) is 0 Å². The van der Waals surface area contributed by atoms with Crippen molar-refractivity contribution in [2.75, 3.05) is 13.1 Å². The molecule has 0 N–H and O–H groups in total. The molecule has 2 radical (unpaired) electrons. The van der Waals surface area contributed by atoms with Crippen LogP contribution in [0.5, 0.6) is 0 Å². The molecule has 0 bridgehead atoms. The van der Waals surface area contributed by atoms with Crippen LogP contribution in [-0.4, -0.2) is 24.3 Å². The maximum absolute atomic E-state index is 3.86. The molecule has 0 saturated carbocycles. The molecular weight excluding hydrogens is 88.1 g/mol. The number of aliphatic imine (C=N–C) groups is 1. The van der Waals surface area contributed by atoms with Gasteiger partial charge in [0.2, 0.25) is 0 Å². The fraction of sp³-hybridized carbons (Fsp3) is 0.600. The number of hydrogen-bond acceptors (Lipinski definition) is 2. The molecule has 1 aliphatic heterocycles. The van der Waals surface area contributed by atoms with E-state index in [4.69, 9.17) is 0 Å². The van der Waals surface area contributed by atoms with E-state index in [1.807, 2.05) is 11.4 Å². The molecule has 0 atom stereocenters. The summed E-state index contributed by atoms with van der Waals surface area (Å²) in [7, 11) is 0. The van der Waals surface area contributed by atoms with Crippen molar-refractivity contribution in [3.05, 3.63) is 6.54 Å². The smallest absolute Gasteiger partial charge is 0.167 e. The first-order chi connectivity index (χ1) is 3.43. The Hall–Kier alpha value is -0.530. The zero-order chi connectivity index (χ0) is 5.11. The zero-order valence-corrected chi connectivity index (χ0v) is 4.39. The molecule has 2 heteroatoms. The van der Waals surface area contributed by atoms with Crippen LogP contribution in [0, 0.1) is 6.54 Å². The van der Waals surface area contributed by atoms with E-state index in [0.717, 1.165) is 13.1 Å². The summed E-state index contributed by atoms with van der Waals surface area (Å²) in [4.78, 5) is 5.80. The van der Waals surface area contributed by atoms with Gasteiger partial charge >= 0.3 is 0 Å². The summed E-state index contributed by atoms with van der Waals surface area (Å²) in [5, 5.41) is 0. The molecule has 1 rings (SSSR count). The molecule has 1 heterocycles. The third-order valence-corrected chi connectivity index (χ3v) is 0.933. The van der Waals surface area contributed by atoms with Crippen molar-refractivity contribution in [1.82, 2.24) is 4.90 Å². The largest absolute Gasteiger partial charge is 0.347 e. The Kier molecular flexibility index (Phi) is 1.29. The van der Waals surface area contributed by atoms with Crippen LogP contribution < -0.4 is 0 Å². The topological polar surface area (TPSA) is 15.6 Å². The van der Waals surface area contributed by atoms with Gasteiger partial charge in [-0.05, 0) is 6.92 Å². The first-order valence-electron chi connectivity index (χ1n) is 2.45. The van der Waals surface area contributed by atoms with Crippen LogP contribution in [0.3, 0.4) is 0 Å². The van der Waals surface area contributed by atoms with Gasteiger partial charge in [0.25, 0.3) is 0 Å². The zero-order valence-electron chi connectivity index (χ0n) is 4.39. The molecule has 1 aliphatic rings. The number of hydrogen-bond donors (Lipinski definition) is 0.